The van der Waals surface area contributed by atoms with Crippen LogP contribution in [0.15, 0.2) is 34.4 Å². The van der Waals surface area contributed by atoms with E-state index in [0.717, 1.165) is 14.9 Å². The summed E-state index contributed by atoms with van der Waals surface area (Å²) < 4.78 is 0.909. The number of thiazole rings is 1. The topological polar surface area (TPSA) is 33.1 Å². The van der Waals surface area contributed by atoms with Gasteiger partial charge in [-0.3, -0.25) is 4.98 Å². The largest absolute Gasteiger partial charge is 0.388 e. The standard InChI is InChI=1S/C11H9BrClNOS/c12-7-1-2-9(10(13)3-7)11(15)4-8-5-14-6-16-8/h1-3,5-6,11,15H,4H2. The van der Waals surface area contributed by atoms with Gasteiger partial charge in [0.15, 0.2) is 0 Å². The van der Waals surface area contributed by atoms with E-state index in [1.54, 1.807) is 17.8 Å². The maximum absolute atomic E-state index is 10.0. The van der Waals surface area contributed by atoms with Crippen LogP contribution >= 0.6 is 38.9 Å². The molecule has 1 aromatic carbocycles. The average molecular weight is 319 g/mol. The van der Waals surface area contributed by atoms with Crippen LogP contribution in [0.3, 0.4) is 0 Å². The highest BCUT2D eigenvalue weighted by molar-refractivity contribution is 9.10. The molecule has 0 saturated carbocycles. The summed E-state index contributed by atoms with van der Waals surface area (Å²) in [6.07, 6.45) is 1.73. The Morgan fingerprint density at radius 1 is 1.50 bits per heavy atom. The van der Waals surface area contributed by atoms with Crippen LogP contribution in [0.4, 0.5) is 0 Å². The fourth-order valence-corrected chi connectivity index (χ4v) is 2.85. The van der Waals surface area contributed by atoms with Crippen LogP contribution in [-0.2, 0) is 6.42 Å². The molecule has 0 spiro atoms. The van der Waals surface area contributed by atoms with Gasteiger partial charge in [-0.2, -0.15) is 0 Å². The third-order valence-corrected chi connectivity index (χ3v) is 3.82. The molecule has 2 rings (SSSR count). The number of halogens is 2. The average Bonchev–Trinajstić information content (AvgIpc) is 2.70. The Bertz CT molecular complexity index is 475. The number of nitrogens with zero attached hydrogens (tertiary/aromatic N) is 1. The molecule has 1 unspecified atom stereocenters. The van der Waals surface area contributed by atoms with Gasteiger partial charge in [0.05, 0.1) is 11.6 Å². The molecule has 1 heterocycles. The molecule has 84 valence electrons. The minimum absolute atomic E-state index is 0.548. The lowest BCUT2D eigenvalue weighted by atomic mass is 10.1. The molecule has 0 aliphatic heterocycles. The first-order valence-corrected chi connectivity index (χ1v) is 6.72. The van der Waals surface area contributed by atoms with Crippen molar-refractivity contribution in [2.24, 2.45) is 0 Å². The molecule has 0 saturated heterocycles. The summed E-state index contributed by atoms with van der Waals surface area (Å²) >= 11 is 10.9. The molecule has 0 aliphatic carbocycles. The van der Waals surface area contributed by atoms with Gasteiger partial charge in [0.25, 0.3) is 0 Å². The van der Waals surface area contributed by atoms with Gasteiger partial charge in [-0.05, 0) is 17.7 Å². The van der Waals surface area contributed by atoms with E-state index >= 15 is 0 Å². The Balaban J connectivity index is 2.17. The summed E-state index contributed by atoms with van der Waals surface area (Å²) in [6, 6.07) is 5.49. The quantitative estimate of drug-likeness (QED) is 0.933. The number of rotatable bonds is 3. The van der Waals surface area contributed by atoms with Crippen molar-refractivity contribution in [1.82, 2.24) is 4.98 Å². The van der Waals surface area contributed by atoms with Gasteiger partial charge in [-0.25, -0.2) is 0 Å². The maximum atomic E-state index is 10.0. The predicted molar refractivity (Wildman–Crippen MR) is 69.9 cm³/mol. The lowest BCUT2D eigenvalue weighted by Crippen LogP contribution is -2.01. The minimum Gasteiger partial charge on any atom is -0.388 e. The van der Waals surface area contributed by atoms with Crippen molar-refractivity contribution in [2.75, 3.05) is 0 Å². The van der Waals surface area contributed by atoms with Gasteiger partial charge in [-0.15, -0.1) is 11.3 Å². The summed E-state index contributed by atoms with van der Waals surface area (Å²) in [5.74, 6) is 0. The zero-order chi connectivity index (χ0) is 11.5. The predicted octanol–water partition coefficient (Wildman–Crippen LogP) is 3.84. The Kier molecular flexibility index (Phi) is 3.97. The van der Waals surface area contributed by atoms with Crippen LogP contribution in [0.5, 0.6) is 0 Å². The number of hydrogen-bond donors (Lipinski definition) is 1. The van der Waals surface area contributed by atoms with Crippen molar-refractivity contribution >= 4 is 38.9 Å². The van der Waals surface area contributed by atoms with E-state index in [4.69, 9.17) is 11.6 Å². The summed E-state index contributed by atoms with van der Waals surface area (Å²) in [5, 5.41) is 10.6. The summed E-state index contributed by atoms with van der Waals surface area (Å²) in [6.45, 7) is 0. The Morgan fingerprint density at radius 3 is 2.94 bits per heavy atom. The molecule has 1 aromatic heterocycles. The van der Waals surface area contributed by atoms with Crippen LogP contribution < -0.4 is 0 Å². The lowest BCUT2D eigenvalue weighted by molar-refractivity contribution is 0.179. The highest BCUT2D eigenvalue weighted by Gasteiger charge is 2.13. The Hall–Kier alpha value is -0.420. The van der Waals surface area contributed by atoms with Crippen molar-refractivity contribution in [3.05, 3.63) is 49.8 Å². The molecule has 2 aromatic rings. The van der Waals surface area contributed by atoms with Crippen LogP contribution in [-0.4, -0.2) is 10.1 Å². The van der Waals surface area contributed by atoms with Gasteiger partial charge >= 0.3 is 0 Å². The first-order valence-electron chi connectivity index (χ1n) is 4.67. The Labute approximate surface area is 111 Å². The van der Waals surface area contributed by atoms with E-state index in [1.165, 1.54) is 11.3 Å². The first-order chi connectivity index (χ1) is 7.66. The molecule has 5 heteroatoms. The zero-order valence-corrected chi connectivity index (χ0v) is 11.4. The molecule has 16 heavy (non-hydrogen) atoms. The van der Waals surface area contributed by atoms with Crippen LogP contribution in [0, 0.1) is 0 Å². The van der Waals surface area contributed by atoms with E-state index in [1.807, 2.05) is 12.1 Å². The Morgan fingerprint density at radius 2 is 2.31 bits per heavy atom. The monoisotopic (exact) mass is 317 g/mol. The van der Waals surface area contributed by atoms with E-state index in [2.05, 4.69) is 20.9 Å². The molecule has 0 aliphatic rings. The van der Waals surface area contributed by atoms with Gasteiger partial charge in [-0.1, -0.05) is 33.6 Å². The van der Waals surface area contributed by atoms with Crippen molar-refractivity contribution < 1.29 is 5.11 Å². The summed E-state index contributed by atoms with van der Waals surface area (Å²) in [5.41, 5.74) is 2.50. The molecular formula is C11H9BrClNOS. The number of aromatic nitrogens is 1. The molecular weight excluding hydrogens is 310 g/mol. The smallest absolute Gasteiger partial charge is 0.0853 e. The second-order valence-corrected chi connectivity index (χ2v) is 5.65. The summed E-state index contributed by atoms with van der Waals surface area (Å²) in [4.78, 5) is 5.02. The molecule has 0 fully saturated rings. The second kappa shape index (κ2) is 5.27. The highest BCUT2D eigenvalue weighted by atomic mass is 79.9. The molecule has 0 bridgehead atoms. The van der Waals surface area contributed by atoms with E-state index < -0.39 is 6.10 Å². The van der Waals surface area contributed by atoms with Gasteiger partial charge in [0.2, 0.25) is 0 Å². The van der Waals surface area contributed by atoms with Crippen molar-refractivity contribution in [1.29, 1.82) is 0 Å². The van der Waals surface area contributed by atoms with E-state index in [-0.39, 0.29) is 0 Å². The summed E-state index contributed by atoms with van der Waals surface area (Å²) in [7, 11) is 0. The van der Waals surface area contributed by atoms with Crippen molar-refractivity contribution in [3.8, 4) is 0 Å². The van der Waals surface area contributed by atoms with Gasteiger partial charge in [0.1, 0.15) is 0 Å². The zero-order valence-electron chi connectivity index (χ0n) is 8.23. The van der Waals surface area contributed by atoms with Gasteiger partial charge in [0, 0.05) is 27.0 Å². The third-order valence-electron chi connectivity index (χ3n) is 2.20. The van der Waals surface area contributed by atoms with Crippen molar-refractivity contribution in [3.63, 3.8) is 0 Å². The first kappa shape index (κ1) is 12.0. The molecule has 0 amide bonds. The van der Waals surface area contributed by atoms with Crippen LogP contribution in [0.2, 0.25) is 5.02 Å². The number of aliphatic hydroxyl groups excluding tert-OH is 1. The fraction of sp³-hybridized carbons (Fsp3) is 0.182. The molecule has 0 radical (unpaired) electrons. The molecule has 1 atom stereocenters. The molecule has 2 nitrogen and oxygen atoms in total. The SMILES string of the molecule is OC(Cc1cncs1)c1ccc(Br)cc1Cl. The normalized spacial score (nSPS) is 12.7. The number of benzene rings is 1. The van der Waals surface area contributed by atoms with Gasteiger partial charge < -0.3 is 5.11 Å². The minimum atomic E-state index is -0.582. The van der Waals surface area contributed by atoms with E-state index in [9.17, 15) is 5.11 Å². The number of aliphatic hydroxyl groups is 1. The van der Waals surface area contributed by atoms with Crippen LogP contribution in [0.1, 0.15) is 16.5 Å². The highest BCUT2D eigenvalue weighted by Crippen LogP contribution is 2.29. The number of hydrogen-bond acceptors (Lipinski definition) is 3. The lowest BCUT2D eigenvalue weighted by Gasteiger charge is -2.11. The van der Waals surface area contributed by atoms with E-state index in [0.29, 0.717) is 11.4 Å². The second-order valence-electron chi connectivity index (χ2n) is 3.35. The third kappa shape index (κ3) is 2.83. The van der Waals surface area contributed by atoms with Crippen molar-refractivity contribution in [2.45, 2.75) is 12.5 Å². The molecule has 1 N–H and O–H groups in total. The maximum Gasteiger partial charge on any atom is 0.0853 e. The van der Waals surface area contributed by atoms with Crippen LogP contribution in [0.25, 0.3) is 0 Å². The fourth-order valence-electron chi connectivity index (χ4n) is 1.42.